The van der Waals surface area contributed by atoms with Gasteiger partial charge < -0.3 is 10.3 Å². The minimum Gasteiger partial charge on any atom is -0.384 e. The van der Waals surface area contributed by atoms with Gasteiger partial charge in [-0.3, -0.25) is 10.1 Å². The van der Waals surface area contributed by atoms with Crippen molar-refractivity contribution in [2.75, 3.05) is 17.2 Å². The van der Waals surface area contributed by atoms with Gasteiger partial charge in [0.15, 0.2) is 0 Å². The molecule has 94 valence electrons. The molecule has 2 heterocycles. The second kappa shape index (κ2) is 5.81. The normalized spacial score (nSPS) is 10.1. The molecule has 0 atom stereocenters. The fraction of sp³-hybridized carbons (Fsp3) is 0.250. The summed E-state index contributed by atoms with van der Waals surface area (Å²) < 4.78 is 0. The van der Waals surface area contributed by atoms with Crippen LogP contribution < -0.4 is 10.6 Å². The fourth-order valence-corrected chi connectivity index (χ4v) is 1.41. The van der Waals surface area contributed by atoms with Crippen LogP contribution in [0.2, 0.25) is 0 Å². The Kier molecular flexibility index (Phi) is 3.90. The Bertz CT molecular complexity index is 492. The highest BCUT2D eigenvalue weighted by molar-refractivity contribution is 6.01. The van der Waals surface area contributed by atoms with Crippen LogP contribution in [0.5, 0.6) is 0 Å². The van der Waals surface area contributed by atoms with E-state index >= 15 is 0 Å². The van der Waals surface area contributed by atoms with Crippen LogP contribution in [0.1, 0.15) is 23.8 Å². The molecule has 0 spiro atoms. The van der Waals surface area contributed by atoms with E-state index < -0.39 is 0 Å². The molecule has 2 rings (SSSR count). The second-order valence-electron chi connectivity index (χ2n) is 3.75. The van der Waals surface area contributed by atoms with E-state index in [0.29, 0.717) is 11.6 Å². The third-order valence-electron chi connectivity index (χ3n) is 2.31. The van der Waals surface area contributed by atoms with Crippen LogP contribution in [0.4, 0.5) is 11.6 Å². The molecule has 3 N–H and O–H groups in total. The van der Waals surface area contributed by atoms with Gasteiger partial charge in [-0.1, -0.05) is 6.92 Å². The SMILES string of the molecule is CCCNc1ccc(C(=O)Nc2ncc[nH]2)nc1. The Morgan fingerprint density at radius 1 is 1.39 bits per heavy atom. The van der Waals surface area contributed by atoms with Gasteiger partial charge in [-0.05, 0) is 18.6 Å². The van der Waals surface area contributed by atoms with E-state index in [1.165, 1.54) is 0 Å². The molecule has 0 aromatic carbocycles. The number of carbonyl (C=O) groups is 1. The maximum atomic E-state index is 11.8. The Labute approximate surface area is 105 Å². The van der Waals surface area contributed by atoms with Gasteiger partial charge in [0.1, 0.15) is 5.69 Å². The molecule has 0 bridgehead atoms. The van der Waals surface area contributed by atoms with E-state index in [4.69, 9.17) is 0 Å². The van der Waals surface area contributed by atoms with Gasteiger partial charge in [0.25, 0.3) is 5.91 Å². The number of hydrogen-bond acceptors (Lipinski definition) is 4. The number of carbonyl (C=O) groups excluding carboxylic acids is 1. The standard InChI is InChI=1S/C12H15N5O/c1-2-5-13-9-3-4-10(16-8-9)11(18)17-12-14-6-7-15-12/h3-4,6-8,13H,2,5H2,1H3,(H2,14,15,17,18). The number of amides is 1. The summed E-state index contributed by atoms with van der Waals surface area (Å²) in [4.78, 5) is 22.6. The van der Waals surface area contributed by atoms with Crippen molar-refractivity contribution in [2.45, 2.75) is 13.3 Å². The lowest BCUT2D eigenvalue weighted by molar-refractivity contribution is 0.102. The van der Waals surface area contributed by atoms with Crippen LogP contribution in [0.3, 0.4) is 0 Å². The van der Waals surface area contributed by atoms with Crippen LogP contribution in [-0.4, -0.2) is 27.4 Å². The summed E-state index contributed by atoms with van der Waals surface area (Å²) in [5, 5.41) is 5.81. The number of anilines is 2. The Hall–Kier alpha value is -2.37. The lowest BCUT2D eigenvalue weighted by Crippen LogP contribution is -2.14. The maximum absolute atomic E-state index is 11.8. The quantitative estimate of drug-likeness (QED) is 0.751. The number of aromatic nitrogens is 3. The van der Waals surface area contributed by atoms with E-state index in [9.17, 15) is 4.79 Å². The first-order valence-corrected chi connectivity index (χ1v) is 5.80. The molecule has 6 heteroatoms. The third-order valence-corrected chi connectivity index (χ3v) is 2.31. The average molecular weight is 245 g/mol. The van der Waals surface area contributed by atoms with Crippen molar-refractivity contribution in [3.63, 3.8) is 0 Å². The van der Waals surface area contributed by atoms with Gasteiger partial charge in [-0.25, -0.2) is 9.97 Å². The third kappa shape index (κ3) is 3.07. The number of hydrogen-bond donors (Lipinski definition) is 3. The molecule has 6 nitrogen and oxygen atoms in total. The van der Waals surface area contributed by atoms with Crippen LogP contribution >= 0.6 is 0 Å². The van der Waals surface area contributed by atoms with E-state index in [1.807, 2.05) is 6.07 Å². The molecule has 0 aliphatic heterocycles. The highest BCUT2D eigenvalue weighted by Crippen LogP contribution is 2.07. The van der Waals surface area contributed by atoms with Crippen molar-refractivity contribution in [1.82, 2.24) is 15.0 Å². The van der Waals surface area contributed by atoms with Crippen molar-refractivity contribution in [1.29, 1.82) is 0 Å². The maximum Gasteiger partial charge on any atom is 0.276 e. The highest BCUT2D eigenvalue weighted by atomic mass is 16.2. The number of aromatic amines is 1. The average Bonchev–Trinajstić information content (AvgIpc) is 2.89. The molecule has 0 radical (unpaired) electrons. The van der Waals surface area contributed by atoms with Crippen molar-refractivity contribution in [3.8, 4) is 0 Å². The Morgan fingerprint density at radius 3 is 2.89 bits per heavy atom. The predicted molar refractivity (Wildman–Crippen MR) is 69.6 cm³/mol. The number of nitrogens with zero attached hydrogens (tertiary/aromatic N) is 2. The van der Waals surface area contributed by atoms with Crippen molar-refractivity contribution >= 4 is 17.5 Å². The molecule has 0 fully saturated rings. The molecule has 18 heavy (non-hydrogen) atoms. The number of H-pyrrole nitrogens is 1. The van der Waals surface area contributed by atoms with Crippen molar-refractivity contribution in [2.24, 2.45) is 0 Å². The smallest absolute Gasteiger partial charge is 0.276 e. The molecule has 0 aliphatic carbocycles. The van der Waals surface area contributed by atoms with Gasteiger partial charge in [0, 0.05) is 18.9 Å². The van der Waals surface area contributed by atoms with E-state index in [0.717, 1.165) is 18.7 Å². The summed E-state index contributed by atoms with van der Waals surface area (Å²) in [6, 6.07) is 3.51. The first-order valence-electron chi connectivity index (χ1n) is 5.80. The van der Waals surface area contributed by atoms with E-state index in [-0.39, 0.29) is 5.91 Å². The predicted octanol–water partition coefficient (Wildman–Crippen LogP) is 1.88. The molecular formula is C12H15N5O. The van der Waals surface area contributed by atoms with E-state index in [2.05, 4.69) is 32.5 Å². The molecule has 1 amide bonds. The Morgan fingerprint density at radius 2 is 2.28 bits per heavy atom. The first kappa shape index (κ1) is 12.1. The lowest BCUT2D eigenvalue weighted by Gasteiger charge is -2.05. The summed E-state index contributed by atoms with van der Waals surface area (Å²) in [7, 11) is 0. The molecule has 0 aliphatic rings. The van der Waals surface area contributed by atoms with Crippen molar-refractivity contribution in [3.05, 3.63) is 36.4 Å². The minimum absolute atomic E-state index is 0.285. The summed E-state index contributed by atoms with van der Waals surface area (Å²) in [6.45, 7) is 2.98. The largest absolute Gasteiger partial charge is 0.384 e. The number of nitrogens with one attached hydrogen (secondary N) is 3. The zero-order valence-corrected chi connectivity index (χ0v) is 10.1. The minimum atomic E-state index is -0.285. The molecule has 2 aromatic rings. The van der Waals surface area contributed by atoms with Gasteiger partial charge in [0.05, 0.1) is 11.9 Å². The first-order chi connectivity index (χ1) is 8.79. The lowest BCUT2D eigenvalue weighted by atomic mass is 10.3. The molecular weight excluding hydrogens is 230 g/mol. The Balaban J connectivity index is 1.98. The topological polar surface area (TPSA) is 82.7 Å². The number of imidazole rings is 1. The molecule has 2 aromatic heterocycles. The zero-order chi connectivity index (χ0) is 12.8. The summed E-state index contributed by atoms with van der Waals surface area (Å²) in [5.74, 6) is 0.127. The summed E-state index contributed by atoms with van der Waals surface area (Å²) in [5.41, 5.74) is 1.26. The number of pyridine rings is 1. The van der Waals surface area contributed by atoms with Crippen molar-refractivity contribution < 1.29 is 4.79 Å². The summed E-state index contributed by atoms with van der Waals surface area (Å²) in [6.07, 6.45) is 5.90. The molecule has 0 saturated heterocycles. The van der Waals surface area contributed by atoms with Gasteiger partial charge in [0.2, 0.25) is 5.95 Å². The highest BCUT2D eigenvalue weighted by Gasteiger charge is 2.08. The van der Waals surface area contributed by atoms with Crippen LogP contribution in [0, 0.1) is 0 Å². The van der Waals surface area contributed by atoms with E-state index in [1.54, 1.807) is 24.7 Å². The van der Waals surface area contributed by atoms with Gasteiger partial charge in [-0.15, -0.1) is 0 Å². The fourth-order valence-electron chi connectivity index (χ4n) is 1.41. The zero-order valence-electron chi connectivity index (χ0n) is 10.1. The summed E-state index contributed by atoms with van der Waals surface area (Å²) >= 11 is 0. The van der Waals surface area contributed by atoms with Crippen LogP contribution in [0.25, 0.3) is 0 Å². The molecule has 0 saturated carbocycles. The number of rotatable bonds is 5. The monoisotopic (exact) mass is 245 g/mol. The van der Waals surface area contributed by atoms with Crippen LogP contribution in [0.15, 0.2) is 30.7 Å². The second-order valence-corrected chi connectivity index (χ2v) is 3.75. The van der Waals surface area contributed by atoms with Gasteiger partial charge in [-0.2, -0.15) is 0 Å². The van der Waals surface area contributed by atoms with Gasteiger partial charge >= 0.3 is 0 Å². The molecule has 0 unspecified atom stereocenters. The van der Waals surface area contributed by atoms with Crippen LogP contribution in [-0.2, 0) is 0 Å².